The van der Waals surface area contributed by atoms with Gasteiger partial charge in [-0.3, -0.25) is 4.90 Å². The van der Waals surface area contributed by atoms with E-state index in [0.29, 0.717) is 12.1 Å². The molecule has 0 unspecified atom stereocenters. The van der Waals surface area contributed by atoms with Crippen LogP contribution in [0.2, 0.25) is 37.8 Å². The van der Waals surface area contributed by atoms with Gasteiger partial charge in [-0.2, -0.15) is 0 Å². The van der Waals surface area contributed by atoms with Crippen molar-refractivity contribution in [3.8, 4) is 11.5 Å². The molecular weight excluding hydrogens is 374 g/mol. The number of rotatable bonds is 4. The van der Waals surface area contributed by atoms with Crippen molar-refractivity contribution in [3.63, 3.8) is 0 Å². The normalized spacial score (nSPS) is 24.8. The summed E-state index contributed by atoms with van der Waals surface area (Å²) in [6, 6.07) is 1.13. The largest absolute Gasteiger partial charge is 0.546 e. The summed E-state index contributed by atoms with van der Waals surface area (Å²) in [6.45, 7) is 22.2. The molecule has 0 aliphatic carbocycles. The highest BCUT2D eigenvalue weighted by Crippen LogP contribution is 2.42. The van der Waals surface area contributed by atoms with Crippen LogP contribution in [0.1, 0.15) is 59.8 Å². The van der Waals surface area contributed by atoms with E-state index in [1.807, 2.05) is 0 Å². The first-order chi connectivity index (χ1) is 12.8. The molecule has 0 aromatic rings. The average molecular weight is 418 g/mol. The highest BCUT2D eigenvalue weighted by molar-refractivity contribution is 6.83. The Balaban J connectivity index is 2.18. The van der Waals surface area contributed by atoms with E-state index in [-0.39, 0.29) is 5.04 Å². The molecule has 2 nitrogen and oxygen atoms in total. The summed E-state index contributed by atoms with van der Waals surface area (Å²) in [6.07, 6.45) is 10.5. The average Bonchev–Trinajstić information content (AvgIpc) is 2.56. The molecule has 0 N–H and O–H groups in total. The van der Waals surface area contributed by atoms with Crippen LogP contribution in [-0.2, 0) is 4.43 Å². The predicted octanol–water partition coefficient (Wildman–Crippen LogP) is 6.74. The fourth-order valence-electron chi connectivity index (χ4n) is 3.88. The Morgan fingerprint density at radius 1 is 1.14 bits per heavy atom. The molecule has 0 aromatic carbocycles. The first-order valence-electron chi connectivity index (χ1n) is 11.1. The summed E-state index contributed by atoms with van der Waals surface area (Å²) in [5.74, 6) is 4.60. The minimum atomic E-state index is -1.80. The number of piperidine rings is 1. The first-order valence-corrected chi connectivity index (χ1v) is 17.5. The number of fused-ring (bicyclic) bond motifs is 1. The lowest BCUT2D eigenvalue weighted by atomic mass is 9.86. The van der Waals surface area contributed by atoms with E-state index in [1.54, 1.807) is 0 Å². The minimum absolute atomic E-state index is 0.242. The third-order valence-electron chi connectivity index (χ3n) is 6.61. The van der Waals surface area contributed by atoms with Crippen molar-refractivity contribution in [2.24, 2.45) is 0 Å². The molecule has 0 radical (unpaired) electrons. The van der Waals surface area contributed by atoms with Gasteiger partial charge < -0.3 is 4.43 Å². The van der Waals surface area contributed by atoms with Crippen molar-refractivity contribution < 1.29 is 4.43 Å². The van der Waals surface area contributed by atoms with Crippen LogP contribution in [-0.4, -0.2) is 39.9 Å². The number of nitrogens with zero attached hydrogens (tertiary/aromatic N) is 1. The van der Waals surface area contributed by atoms with Crippen molar-refractivity contribution in [3.05, 3.63) is 23.5 Å². The van der Waals surface area contributed by atoms with Crippen LogP contribution in [0.4, 0.5) is 0 Å². The molecule has 28 heavy (non-hydrogen) atoms. The quantitative estimate of drug-likeness (QED) is 0.371. The Morgan fingerprint density at radius 3 is 2.43 bits per heavy atom. The topological polar surface area (TPSA) is 12.5 Å². The van der Waals surface area contributed by atoms with Gasteiger partial charge in [0.2, 0.25) is 8.32 Å². The predicted molar refractivity (Wildman–Crippen MR) is 129 cm³/mol. The highest BCUT2D eigenvalue weighted by atomic mass is 28.4. The molecule has 0 amide bonds. The first kappa shape index (κ1) is 23.5. The van der Waals surface area contributed by atoms with Crippen LogP contribution >= 0.6 is 0 Å². The van der Waals surface area contributed by atoms with Crippen molar-refractivity contribution >= 4 is 16.4 Å². The van der Waals surface area contributed by atoms with E-state index in [2.05, 4.69) is 88.9 Å². The maximum absolute atomic E-state index is 6.85. The molecule has 2 heterocycles. The molecule has 1 saturated heterocycles. The van der Waals surface area contributed by atoms with Gasteiger partial charge in [-0.25, -0.2) is 0 Å². The SMILES string of the molecule is CC1=C(O[Si](C)(C)C(C)(C)C)C[C@@H](C/C=C\C#C[Si](C)(C)C)N2CCCC[C@@H]12. The summed E-state index contributed by atoms with van der Waals surface area (Å²) in [4.78, 5) is 2.76. The molecule has 2 aliphatic rings. The van der Waals surface area contributed by atoms with Gasteiger partial charge in [0, 0.05) is 18.5 Å². The van der Waals surface area contributed by atoms with Crippen molar-refractivity contribution in [1.29, 1.82) is 0 Å². The lowest BCUT2D eigenvalue weighted by Crippen LogP contribution is -2.51. The number of allylic oxidation sites excluding steroid dienone is 1. The zero-order valence-corrected chi connectivity index (χ0v) is 21.9. The monoisotopic (exact) mass is 417 g/mol. The standard InChI is InChI=1S/C24H43NOSi2/c1-20-22-16-12-13-17-25(22)21(15-11-10-14-18-27(5,6)7)19-23(20)26-28(8,9)24(2,3)4/h10-11,21-22H,12-13,15-17,19H2,1-9H3/b11-10-/t21-,22+/m1/s1. The van der Waals surface area contributed by atoms with E-state index >= 15 is 0 Å². The zero-order chi connectivity index (χ0) is 21.2. The zero-order valence-electron chi connectivity index (χ0n) is 19.9. The molecular formula is C24H43NOSi2. The molecule has 0 bridgehead atoms. The summed E-state index contributed by atoms with van der Waals surface area (Å²) in [5.41, 5.74) is 4.94. The maximum Gasteiger partial charge on any atom is 0.250 e. The minimum Gasteiger partial charge on any atom is -0.546 e. The van der Waals surface area contributed by atoms with E-state index in [1.165, 1.54) is 37.1 Å². The summed E-state index contributed by atoms with van der Waals surface area (Å²) in [5, 5.41) is 0.242. The van der Waals surface area contributed by atoms with Gasteiger partial charge in [-0.1, -0.05) is 58.8 Å². The Hall–Kier alpha value is -0.766. The molecule has 2 aliphatic heterocycles. The van der Waals surface area contributed by atoms with Gasteiger partial charge in [0.25, 0.3) is 0 Å². The molecule has 1 fully saturated rings. The molecule has 2 rings (SSSR count). The van der Waals surface area contributed by atoms with Crippen LogP contribution in [0.3, 0.4) is 0 Å². The fraction of sp³-hybridized carbons (Fsp3) is 0.750. The lowest BCUT2D eigenvalue weighted by Gasteiger charge is -2.48. The maximum atomic E-state index is 6.85. The van der Waals surface area contributed by atoms with Crippen LogP contribution in [0.5, 0.6) is 0 Å². The molecule has 4 heteroatoms. The second-order valence-corrected chi connectivity index (χ2v) is 20.7. The van der Waals surface area contributed by atoms with Crippen LogP contribution in [0.25, 0.3) is 0 Å². The number of hydrogen-bond acceptors (Lipinski definition) is 2. The van der Waals surface area contributed by atoms with Gasteiger partial charge in [-0.05, 0) is 62.5 Å². The van der Waals surface area contributed by atoms with Gasteiger partial charge in [0.05, 0.1) is 5.76 Å². The number of hydrogen-bond donors (Lipinski definition) is 0. The Morgan fingerprint density at radius 2 is 1.82 bits per heavy atom. The second-order valence-electron chi connectivity index (χ2n) is 11.2. The molecule has 0 aromatic heterocycles. The highest BCUT2D eigenvalue weighted by Gasteiger charge is 2.42. The van der Waals surface area contributed by atoms with Crippen LogP contribution in [0, 0.1) is 11.5 Å². The van der Waals surface area contributed by atoms with Crippen molar-refractivity contribution in [1.82, 2.24) is 4.90 Å². The van der Waals surface area contributed by atoms with Gasteiger partial charge in [0.1, 0.15) is 8.07 Å². The lowest BCUT2D eigenvalue weighted by molar-refractivity contribution is 0.0877. The van der Waals surface area contributed by atoms with Crippen molar-refractivity contribution in [2.75, 3.05) is 6.54 Å². The summed E-state index contributed by atoms with van der Waals surface area (Å²) >= 11 is 0. The smallest absolute Gasteiger partial charge is 0.250 e. The molecule has 0 saturated carbocycles. The summed E-state index contributed by atoms with van der Waals surface area (Å²) in [7, 11) is -3.08. The Bertz CT molecular complexity index is 667. The van der Waals surface area contributed by atoms with Crippen LogP contribution in [0.15, 0.2) is 23.5 Å². The third kappa shape index (κ3) is 6.11. The molecule has 158 valence electrons. The second kappa shape index (κ2) is 8.94. The molecule has 0 spiro atoms. The van der Waals surface area contributed by atoms with Crippen molar-refractivity contribution in [2.45, 2.75) is 110 Å². The van der Waals surface area contributed by atoms with Gasteiger partial charge in [-0.15, -0.1) is 5.54 Å². The van der Waals surface area contributed by atoms with Gasteiger partial charge >= 0.3 is 0 Å². The third-order valence-corrected chi connectivity index (χ3v) is 11.9. The van der Waals surface area contributed by atoms with Crippen LogP contribution < -0.4 is 0 Å². The molecule has 2 atom stereocenters. The fourth-order valence-corrected chi connectivity index (χ4v) is 5.56. The van der Waals surface area contributed by atoms with E-state index in [0.717, 1.165) is 12.8 Å². The Kier molecular flexibility index (Phi) is 7.50. The van der Waals surface area contributed by atoms with E-state index in [4.69, 9.17) is 4.43 Å². The summed E-state index contributed by atoms with van der Waals surface area (Å²) < 4.78 is 6.85. The Labute approximate surface area is 176 Å². The van der Waals surface area contributed by atoms with E-state index in [9.17, 15) is 0 Å². The van der Waals surface area contributed by atoms with Gasteiger partial charge in [0.15, 0.2) is 0 Å². The van der Waals surface area contributed by atoms with E-state index < -0.39 is 16.4 Å².